The Morgan fingerprint density at radius 1 is 1.47 bits per heavy atom. The molecule has 2 rings (SSSR count). The number of nitrogens with one attached hydrogen (secondary N) is 1. The molecule has 1 aliphatic heterocycles. The van der Waals surface area contributed by atoms with Crippen LogP contribution in [0.4, 0.5) is 0 Å². The van der Waals surface area contributed by atoms with Crippen molar-refractivity contribution in [1.29, 1.82) is 0 Å². The van der Waals surface area contributed by atoms with Gasteiger partial charge in [0.15, 0.2) is 5.96 Å². The van der Waals surface area contributed by atoms with Crippen molar-refractivity contribution in [3.05, 3.63) is 0 Å². The van der Waals surface area contributed by atoms with Crippen LogP contribution in [0, 0.1) is 5.92 Å². The molecule has 0 bridgehead atoms. The molecule has 2 aliphatic rings. The molecule has 0 amide bonds. The summed E-state index contributed by atoms with van der Waals surface area (Å²) in [5.41, 5.74) is 0. The van der Waals surface area contributed by atoms with Gasteiger partial charge in [-0.05, 0) is 19.3 Å². The summed E-state index contributed by atoms with van der Waals surface area (Å²) < 4.78 is 0. The maximum Gasteiger partial charge on any atom is 0.193 e. The minimum Gasteiger partial charge on any atom is -0.393 e. The zero-order chi connectivity index (χ0) is 10.7. The van der Waals surface area contributed by atoms with Crippen molar-refractivity contribution in [2.75, 3.05) is 26.7 Å². The number of nitrogens with zero attached hydrogens (tertiary/aromatic N) is 2. The topological polar surface area (TPSA) is 47.9 Å². The Balaban J connectivity index is 1.79. The highest BCUT2D eigenvalue weighted by Crippen LogP contribution is 2.24. The fourth-order valence-corrected chi connectivity index (χ4v) is 2.39. The third-order valence-corrected chi connectivity index (χ3v) is 3.42. The molecule has 0 radical (unpaired) electrons. The second kappa shape index (κ2) is 4.84. The average molecular weight is 211 g/mol. The average Bonchev–Trinajstić information content (AvgIpc) is 2.63. The van der Waals surface area contributed by atoms with Crippen LogP contribution >= 0.6 is 0 Å². The summed E-state index contributed by atoms with van der Waals surface area (Å²) in [7, 11) is 2.07. The van der Waals surface area contributed by atoms with E-state index in [0.717, 1.165) is 51.3 Å². The molecule has 0 aromatic rings. The number of aliphatic hydroxyl groups is 1. The fourth-order valence-electron chi connectivity index (χ4n) is 2.39. The standard InChI is InChI=1S/C11H21N3O/c1-14-7-3-6-12-11(14)13-8-9-4-2-5-10(9)15/h9-10,15H,2-8H2,1H3,(H,12,13)/t9-,10+/m1/s1. The predicted molar refractivity (Wildman–Crippen MR) is 60.9 cm³/mol. The fraction of sp³-hybridized carbons (Fsp3) is 0.909. The molecule has 4 nitrogen and oxygen atoms in total. The third kappa shape index (κ3) is 2.62. The lowest BCUT2D eigenvalue weighted by atomic mass is 10.1. The first-order valence-electron chi connectivity index (χ1n) is 5.95. The van der Waals surface area contributed by atoms with E-state index in [1.807, 2.05) is 0 Å². The molecule has 0 aromatic carbocycles. The van der Waals surface area contributed by atoms with E-state index >= 15 is 0 Å². The van der Waals surface area contributed by atoms with Crippen LogP contribution in [-0.2, 0) is 0 Å². The summed E-state index contributed by atoms with van der Waals surface area (Å²) in [6.45, 7) is 2.88. The smallest absolute Gasteiger partial charge is 0.193 e. The molecule has 2 atom stereocenters. The molecule has 1 saturated carbocycles. The molecule has 4 heteroatoms. The number of rotatable bonds is 2. The first-order chi connectivity index (χ1) is 7.27. The van der Waals surface area contributed by atoms with Crippen LogP contribution in [0.2, 0.25) is 0 Å². The van der Waals surface area contributed by atoms with Gasteiger partial charge in [-0.25, -0.2) is 0 Å². The van der Waals surface area contributed by atoms with E-state index in [1.54, 1.807) is 0 Å². The zero-order valence-corrected chi connectivity index (χ0v) is 9.45. The maximum atomic E-state index is 9.69. The largest absolute Gasteiger partial charge is 0.393 e. The molecule has 0 aromatic heterocycles. The van der Waals surface area contributed by atoms with Gasteiger partial charge in [0.2, 0.25) is 0 Å². The summed E-state index contributed by atoms with van der Waals surface area (Å²) in [5, 5.41) is 13.1. The van der Waals surface area contributed by atoms with Crippen molar-refractivity contribution in [2.45, 2.75) is 31.8 Å². The third-order valence-electron chi connectivity index (χ3n) is 3.42. The van der Waals surface area contributed by atoms with Gasteiger partial charge in [-0.2, -0.15) is 0 Å². The van der Waals surface area contributed by atoms with E-state index in [1.165, 1.54) is 0 Å². The van der Waals surface area contributed by atoms with E-state index in [0.29, 0.717) is 5.92 Å². The molecule has 86 valence electrons. The molecule has 1 aliphatic carbocycles. The van der Waals surface area contributed by atoms with Crippen molar-refractivity contribution in [1.82, 2.24) is 10.2 Å². The van der Waals surface area contributed by atoms with Gasteiger partial charge in [-0.1, -0.05) is 6.42 Å². The minimum atomic E-state index is -0.105. The first kappa shape index (κ1) is 10.7. The van der Waals surface area contributed by atoms with Crippen LogP contribution in [0.3, 0.4) is 0 Å². The molecule has 0 saturated heterocycles. The zero-order valence-electron chi connectivity index (χ0n) is 9.45. The van der Waals surface area contributed by atoms with Crippen LogP contribution < -0.4 is 5.32 Å². The van der Waals surface area contributed by atoms with Crippen molar-refractivity contribution in [2.24, 2.45) is 10.9 Å². The number of hydrogen-bond donors (Lipinski definition) is 2. The summed E-state index contributed by atoms with van der Waals surface area (Å²) in [6.07, 6.45) is 4.32. The van der Waals surface area contributed by atoms with Crippen LogP contribution in [0.5, 0.6) is 0 Å². The lowest BCUT2D eigenvalue weighted by Crippen LogP contribution is -2.44. The second-order valence-corrected chi connectivity index (χ2v) is 4.62. The van der Waals surface area contributed by atoms with E-state index in [4.69, 9.17) is 0 Å². The van der Waals surface area contributed by atoms with Gasteiger partial charge < -0.3 is 15.3 Å². The Labute approximate surface area is 91.4 Å². The molecular formula is C11H21N3O. The van der Waals surface area contributed by atoms with Crippen LogP contribution in [-0.4, -0.2) is 48.8 Å². The monoisotopic (exact) mass is 211 g/mol. The first-order valence-corrected chi connectivity index (χ1v) is 5.95. The van der Waals surface area contributed by atoms with E-state index in [9.17, 15) is 5.11 Å². The highest BCUT2D eigenvalue weighted by atomic mass is 16.3. The summed E-state index contributed by atoms with van der Waals surface area (Å²) in [4.78, 5) is 6.60. The van der Waals surface area contributed by atoms with Crippen LogP contribution in [0.25, 0.3) is 0 Å². The van der Waals surface area contributed by atoms with Crippen molar-refractivity contribution < 1.29 is 5.11 Å². The van der Waals surface area contributed by atoms with Gasteiger partial charge in [0.1, 0.15) is 0 Å². The highest BCUT2D eigenvalue weighted by molar-refractivity contribution is 5.80. The number of aliphatic imine (C=N–C) groups is 1. The quantitative estimate of drug-likeness (QED) is 0.696. The Morgan fingerprint density at radius 2 is 2.33 bits per heavy atom. The maximum absolute atomic E-state index is 9.69. The number of hydrogen-bond acceptors (Lipinski definition) is 4. The van der Waals surface area contributed by atoms with Gasteiger partial charge in [0.25, 0.3) is 0 Å². The predicted octanol–water partition coefficient (Wildman–Crippen LogP) is 0.428. The summed E-state index contributed by atoms with van der Waals surface area (Å²) in [6, 6.07) is 0. The Morgan fingerprint density at radius 3 is 3.00 bits per heavy atom. The second-order valence-electron chi connectivity index (χ2n) is 4.62. The summed E-state index contributed by atoms with van der Waals surface area (Å²) >= 11 is 0. The Kier molecular flexibility index (Phi) is 3.46. The van der Waals surface area contributed by atoms with Crippen LogP contribution in [0.15, 0.2) is 4.99 Å². The Bertz CT molecular complexity index is 242. The van der Waals surface area contributed by atoms with Gasteiger partial charge in [0.05, 0.1) is 6.10 Å². The van der Waals surface area contributed by atoms with Gasteiger partial charge in [-0.15, -0.1) is 0 Å². The lowest BCUT2D eigenvalue weighted by Gasteiger charge is -2.27. The lowest BCUT2D eigenvalue weighted by molar-refractivity contribution is 0.133. The van der Waals surface area contributed by atoms with Crippen molar-refractivity contribution >= 4 is 5.96 Å². The van der Waals surface area contributed by atoms with Gasteiger partial charge in [0, 0.05) is 32.6 Å². The summed E-state index contributed by atoms with van der Waals surface area (Å²) in [5.74, 6) is 1.42. The van der Waals surface area contributed by atoms with Gasteiger partial charge in [-0.3, -0.25) is 4.99 Å². The van der Waals surface area contributed by atoms with Crippen LogP contribution in [0.1, 0.15) is 25.7 Å². The Hall–Kier alpha value is -0.770. The molecule has 0 unspecified atom stereocenters. The molecule has 2 N–H and O–H groups in total. The normalized spacial score (nSPS) is 31.6. The number of aliphatic hydroxyl groups excluding tert-OH is 1. The molecule has 1 fully saturated rings. The molecule has 0 spiro atoms. The molecular weight excluding hydrogens is 190 g/mol. The van der Waals surface area contributed by atoms with E-state index in [-0.39, 0.29) is 6.10 Å². The number of guanidine groups is 1. The minimum absolute atomic E-state index is 0.105. The van der Waals surface area contributed by atoms with Crippen molar-refractivity contribution in [3.8, 4) is 0 Å². The van der Waals surface area contributed by atoms with E-state index < -0.39 is 0 Å². The van der Waals surface area contributed by atoms with E-state index in [2.05, 4.69) is 22.3 Å². The highest BCUT2D eigenvalue weighted by Gasteiger charge is 2.25. The SMILES string of the molecule is CN1CCCN=C1NC[C@H]1CCC[C@@H]1O. The molecule has 15 heavy (non-hydrogen) atoms. The van der Waals surface area contributed by atoms with Crippen molar-refractivity contribution in [3.63, 3.8) is 0 Å². The molecule has 1 heterocycles. The van der Waals surface area contributed by atoms with Gasteiger partial charge >= 0.3 is 0 Å².